The van der Waals surface area contributed by atoms with Crippen molar-refractivity contribution in [1.29, 1.82) is 0 Å². The lowest BCUT2D eigenvalue weighted by atomic mass is 9.92. The molecular formula is C12H16ClN3O3S. The monoisotopic (exact) mass is 317 g/mol. The lowest BCUT2D eigenvalue weighted by molar-refractivity contribution is 0.000272. The number of rotatable bonds is 2. The van der Waals surface area contributed by atoms with Crippen molar-refractivity contribution in [2.75, 3.05) is 24.4 Å². The van der Waals surface area contributed by atoms with Crippen LogP contribution in [0.2, 0.25) is 5.02 Å². The lowest BCUT2D eigenvalue weighted by Gasteiger charge is -2.47. The third-order valence-corrected chi connectivity index (χ3v) is 4.94. The summed E-state index contributed by atoms with van der Waals surface area (Å²) in [5.74, 6) is 0.518. The zero-order valence-electron chi connectivity index (χ0n) is 11.0. The average molecular weight is 318 g/mol. The minimum absolute atomic E-state index is 0.0526. The molecule has 1 N–H and O–H groups in total. The van der Waals surface area contributed by atoms with Crippen LogP contribution in [-0.4, -0.2) is 57.3 Å². The topological polar surface area (TPSA) is 81.5 Å². The Morgan fingerprint density at radius 3 is 2.70 bits per heavy atom. The van der Waals surface area contributed by atoms with E-state index < -0.39 is 11.2 Å². The zero-order valence-corrected chi connectivity index (χ0v) is 12.6. The van der Waals surface area contributed by atoms with Gasteiger partial charge in [0, 0.05) is 11.2 Å². The number of hydrogen-bond acceptors (Lipinski definition) is 6. The van der Waals surface area contributed by atoms with E-state index in [9.17, 15) is 9.66 Å². The van der Waals surface area contributed by atoms with Crippen LogP contribution in [0.25, 0.3) is 0 Å². The SMILES string of the molecule is C[S+]([O-])c1nc(N2C3COC[C@@H]2CC(O)C3)ncc1Cl. The first-order valence-electron chi connectivity index (χ1n) is 6.46. The van der Waals surface area contributed by atoms with Gasteiger partial charge in [-0.1, -0.05) is 11.6 Å². The number of piperidine rings is 1. The molecule has 2 aliphatic heterocycles. The Morgan fingerprint density at radius 1 is 1.45 bits per heavy atom. The number of morpholine rings is 1. The number of aliphatic hydroxyl groups is 1. The smallest absolute Gasteiger partial charge is 0.267 e. The van der Waals surface area contributed by atoms with E-state index in [1.54, 1.807) is 6.26 Å². The van der Waals surface area contributed by atoms with E-state index in [2.05, 4.69) is 14.9 Å². The number of nitrogens with zero attached hydrogens (tertiary/aromatic N) is 3. The maximum Gasteiger partial charge on any atom is 0.267 e. The van der Waals surface area contributed by atoms with Crippen LogP contribution in [0.15, 0.2) is 11.2 Å². The van der Waals surface area contributed by atoms with Crippen LogP contribution in [-0.2, 0) is 15.9 Å². The highest BCUT2D eigenvalue weighted by atomic mass is 35.5. The molecule has 0 saturated carbocycles. The van der Waals surface area contributed by atoms with Crippen LogP contribution in [0.3, 0.4) is 0 Å². The molecule has 4 atom stereocenters. The highest BCUT2D eigenvalue weighted by Crippen LogP contribution is 2.32. The predicted molar refractivity (Wildman–Crippen MR) is 75.5 cm³/mol. The summed E-state index contributed by atoms with van der Waals surface area (Å²) in [6.07, 6.45) is 3.99. The molecular weight excluding hydrogens is 302 g/mol. The van der Waals surface area contributed by atoms with E-state index in [0.717, 1.165) is 0 Å². The van der Waals surface area contributed by atoms with Crippen molar-refractivity contribution >= 4 is 28.7 Å². The number of anilines is 1. The summed E-state index contributed by atoms with van der Waals surface area (Å²) >= 11 is 4.71. The van der Waals surface area contributed by atoms with Crippen molar-refractivity contribution < 1.29 is 14.4 Å². The van der Waals surface area contributed by atoms with E-state index >= 15 is 0 Å². The van der Waals surface area contributed by atoms with Gasteiger partial charge in [0.1, 0.15) is 11.3 Å². The van der Waals surface area contributed by atoms with Crippen LogP contribution in [0.1, 0.15) is 12.8 Å². The Balaban J connectivity index is 1.94. The first-order valence-corrected chi connectivity index (χ1v) is 8.40. The van der Waals surface area contributed by atoms with Crippen LogP contribution < -0.4 is 4.90 Å². The zero-order chi connectivity index (χ0) is 14.3. The van der Waals surface area contributed by atoms with Gasteiger partial charge < -0.3 is 19.3 Å². The second-order valence-corrected chi connectivity index (χ2v) is 6.86. The summed E-state index contributed by atoms with van der Waals surface area (Å²) in [5.41, 5.74) is 0. The standard InChI is InChI=1S/C12H16ClN3O3S/c1-20(18)11-10(13)4-14-12(15-11)16-7-2-9(17)3-8(16)6-19-5-7/h4,7-9,17H,2-3,5-6H2,1H3/t7-,8?,9?,20?/m0/s1. The quantitative estimate of drug-likeness (QED) is 0.635. The minimum Gasteiger partial charge on any atom is -0.610 e. The van der Waals surface area contributed by atoms with E-state index in [1.807, 2.05) is 0 Å². The Hall–Kier alpha value is -0.600. The number of ether oxygens (including phenoxy) is 1. The Labute approximate surface area is 125 Å². The third kappa shape index (κ3) is 2.60. The number of hydrogen-bond donors (Lipinski definition) is 1. The van der Waals surface area contributed by atoms with E-state index in [4.69, 9.17) is 16.3 Å². The third-order valence-electron chi connectivity index (χ3n) is 3.70. The highest BCUT2D eigenvalue weighted by molar-refractivity contribution is 7.90. The van der Waals surface area contributed by atoms with Crippen LogP contribution in [0.4, 0.5) is 5.95 Å². The Bertz CT molecular complexity index is 491. The van der Waals surface area contributed by atoms with Gasteiger partial charge >= 0.3 is 0 Å². The van der Waals surface area contributed by atoms with Gasteiger partial charge in [-0.2, -0.15) is 4.98 Å². The Morgan fingerprint density at radius 2 is 2.10 bits per heavy atom. The van der Waals surface area contributed by atoms with Crippen molar-refractivity contribution in [3.8, 4) is 0 Å². The molecule has 20 heavy (non-hydrogen) atoms. The van der Waals surface area contributed by atoms with Gasteiger partial charge in [-0.25, -0.2) is 4.98 Å². The minimum atomic E-state index is -1.26. The van der Waals surface area contributed by atoms with Gasteiger partial charge in [0.05, 0.1) is 37.6 Å². The maximum absolute atomic E-state index is 11.7. The second-order valence-electron chi connectivity index (χ2n) is 5.15. The first kappa shape index (κ1) is 14.3. The summed E-state index contributed by atoms with van der Waals surface area (Å²) in [6.45, 7) is 1.09. The summed E-state index contributed by atoms with van der Waals surface area (Å²) in [5, 5.41) is 10.5. The molecule has 0 radical (unpaired) electrons. The molecule has 3 unspecified atom stereocenters. The molecule has 1 aromatic heterocycles. The number of fused-ring (bicyclic) bond motifs is 2. The fourth-order valence-corrected chi connectivity index (χ4v) is 3.84. The molecule has 3 rings (SSSR count). The summed E-state index contributed by atoms with van der Waals surface area (Å²) < 4.78 is 17.2. The molecule has 2 fully saturated rings. The van der Waals surface area contributed by atoms with Gasteiger partial charge in [-0.3, -0.25) is 0 Å². The molecule has 0 amide bonds. The summed E-state index contributed by atoms with van der Waals surface area (Å²) in [7, 11) is 0. The summed E-state index contributed by atoms with van der Waals surface area (Å²) in [6, 6.07) is 0.105. The lowest BCUT2D eigenvalue weighted by Crippen LogP contribution is -2.59. The molecule has 0 aromatic carbocycles. The average Bonchev–Trinajstić information content (AvgIpc) is 2.38. The van der Waals surface area contributed by atoms with Crippen LogP contribution in [0.5, 0.6) is 0 Å². The van der Waals surface area contributed by atoms with E-state index in [1.165, 1.54) is 6.20 Å². The fraction of sp³-hybridized carbons (Fsp3) is 0.667. The molecule has 2 aliphatic rings. The second kappa shape index (κ2) is 5.65. The molecule has 3 heterocycles. The van der Waals surface area contributed by atoms with Crippen molar-refractivity contribution in [2.24, 2.45) is 0 Å². The Kier molecular flexibility index (Phi) is 4.05. The van der Waals surface area contributed by atoms with Crippen molar-refractivity contribution in [3.05, 3.63) is 11.2 Å². The van der Waals surface area contributed by atoms with Crippen LogP contribution in [0, 0.1) is 0 Å². The molecule has 0 spiro atoms. The van der Waals surface area contributed by atoms with Gasteiger partial charge in [0.25, 0.3) is 5.03 Å². The number of aliphatic hydroxyl groups excluding tert-OH is 1. The maximum atomic E-state index is 11.7. The number of halogens is 1. The van der Waals surface area contributed by atoms with Crippen molar-refractivity contribution in [2.45, 2.75) is 36.1 Å². The normalized spacial score (nSPS) is 31.2. The summed E-state index contributed by atoms with van der Waals surface area (Å²) in [4.78, 5) is 10.7. The van der Waals surface area contributed by atoms with Gasteiger partial charge in [-0.05, 0) is 12.8 Å². The molecule has 1 aromatic rings. The van der Waals surface area contributed by atoms with Crippen molar-refractivity contribution in [3.63, 3.8) is 0 Å². The van der Waals surface area contributed by atoms with Crippen LogP contribution >= 0.6 is 11.6 Å². The molecule has 2 bridgehead atoms. The first-order chi connectivity index (χ1) is 9.56. The molecule has 2 saturated heterocycles. The fourth-order valence-electron chi connectivity index (χ4n) is 2.88. The predicted octanol–water partition coefficient (Wildman–Crippen LogP) is 0.596. The van der Waals surface area contributed by atoms with Crippen molar-refractivity contribution in [1.82, 2.24) is 9.97 Å². The number of aromatic nitrogens is 2. The molecule has 8 heteroatoms. The molecule has 0 aliphatic carbocycles. The molecule has 6 nitrogen and oxygen atoms in total. The molecule has 110 valence electrons. The largest absolute Gasteiger partial charge is 0.610 e. The highest BCUT2D eigenvalue weighted by Gasteiger charge is 2.40. The van der Waals surface area contributed by atoms with E-state index in [-0.39, 0.29) is 18.2 Å². The van der Waals surface area contributed by atoms with E-state index in [0.29, 0.717) is 42.1 Å². The van der Waals surface area contributed by atoms with Gasteiger partial charge in [-0.15, -0.1) is 0 Å². The van der Waals surface area contributed by atoms with Gasteiger partial charge in [0.15, 0.2) is 0 Å². The van der Waals surface area contributed by atoms with Gasteiger partial charge in [0.2, 0.25) is 5.95 Å².